The van der Waals surface area contributed by atoms with Crippen LogP contribution in [0.4, 0.5) is 0 Å². The molecule has 0 saturated heterocycles. The molecule has 0 aromatic heterocycles. The van der Waals surface area contributed by atoms with Crippen molar-refractivity contribution in [3.05, 3.63) is 0 Å². The number of hydrogen-bond donors (Lipinski definition) is 3. The maximum atomic E-state index is 11.9. The summed E-state index contributed by atoms with van der Waals surface area (Å²) in [5.74, 6) is 0.208. The van der Waals surface area contributed by atoms with Gasteiger partial charge in [0.1, 0.15) is 5.41 Å². The lowest BCUT2D eigenvalue weighted by atomic mass is 9.90. The van der Waals surface area contributed by atoms with E-state index in [0.29, 0.717) is 5.92 Å². The van der Waals surface area contributed by atoms with Crippen molar-refractivity contribution in [2.75, 3.05) is 0 Å². The monoisotopic (exact) mass is 229 g/mol. The Morgan fingerprint density at radius 3 is 2.31 bits per heavy atom. The van der Waals surface area contributed by atoms with Crippen LogP contribution in [0.2, 0.25) is 0 Å². The van der Waals surface area contributed by atoms with Crippen LogP contribution < -0.4 is 11.1 Å². The van der Waals surface area contributed by atoms with E-state index in [1.54, 1.807) is 13.8 Å². The summed E-state index contributed by atoms with van der Waals surface area (Å²) < 4.78 is 0. The number of carbonyl (C=O) groups is 1. The van der Waals surface area contributed by atoms with Gasteiger partial charge in [-0.3, -0.25) is 4.79 Å². The first-order valence-corrected chi connectivity index (χ1v) is 5.50. The third-order valence-corrected chi connectivity index (χ3v) is 2.52. The molecule has 0 spiro atoms. The molecule has 0 saturated carbocycles. The standard InChI is InChI=1S/C11H23N3O2/c1-7(2)6-8(3)13-10(15)11(4,5)9(12)14-16/h7-8,16H,6H2,1-5H3,(H2,12,14)(H,13,15). The fraction of sp³-hybridized carbons (Fsp3) is 0.818. The normalized spacial score (nSPS) is 15.0. The van der Waals surface area contributed by atoms with Crippen LogP contribution in [0.15, 0.2) is 5.16 Å². The number of nitrogens with two attached hydrogens (primary N) is 1. The predicted molar refractivity (Wildman–Crippen MR) is 64.2 cm³/mol. The average Bonchev–Trinajstić information content (AvgIpc) is 2.14. The van der Waals surface area contributed by atoms with Gasteiger partial charge in [0.25, 0.3) is 0 Å². The molecule has 0 aromatic carbocycles. The van der Waals surface area contributed by atoms with Gasteiger partial charge in [-0.05, 0) is 33.1 Å². The summed E-state index contributed by atoms with van der Waals surface area (Å²) in [7, 11) is 0. The highest BCUT2D eigenvalue weighted by atomic mass is 16.4. The Hall–Kier alpha value is -1.26. The van der Waals surface area contributed by atoms with Crippen molar-refractivity contribution in [2.24, 2.45) is 22.2 Å². The Labute approximate surface area is 97.1 Å². The number of nitrogens with zero attached hydrogens (tertiary/aromatic N) is 1. The third kappa shape index (κ3) is 4.08. The first-order valence-electron chi connectivity index (χ1n) is 5.50. The molecule has 0 rings (SSSR count). The first-order chi connectivity index (χ1) is 7.21. The summed E-state index contributed by atoms with van der Waals surface area (Å²) >= 11 is 0. The Morgan fingerprint density at radius 1 is 1.44 bits per heavy atom. The van der Waals surface area contributed by atoms with Crippen LogP contribution in [0.25, 0.3) is 0 Å². The minimum atomic E-state index is -0.986. The van der Waals surface area contributed by atoms with E-state index in [2.05, 4.69) is 24.3 Å². The summed E-state index contributed by atoms with van der Waals surface area (Å²) in [5.41, 5.74) is 4.48. The van der Waals surface area contributed by atoms with Gasteiger partial charge in [0.2, 0.25) is 5.91 Å². The number of nitrogens with one attached hydrogen (secondary N) is 1. The molecule has 0 aliphatic carbocycles. The second-order valence-corrected chi connectivity index (χ2v) is 5.11. The summed E-state index contributed by atoms with van der Waals surface area (Å²) in [6.07, 6.45) is 0.901. The molecule has 0 aliphatic rings. The molecule has 4 N–H and O–H groups in total. The van der Waals surface area contributed by atoms with Crippen LogP contribution in [-0.2, 0) is 4.79 Å². The molecular weight excluding hydrogens is 206 g/mol. The number of amidine groups is 1. The highest BCUT2D eigenvalue weighted by Crippen LogP contribution is 2.16. The van der Waals surface area contributed by atoms with Crippen LogP contribution in [-0.4, -0.2) is 23.0 Å². The minimum Gasteiger partial charge on any atom is -0.409 e. The lowest BCUT2D eigenvalue weighted by molar-refractivity contribution is -0.127. The van der Waals surface area contributed by atoms with Gasteiger partial charge in [-0.25, -0.2) is 0 Å². The SMILES string of the molecule is CC(C)CC(C)NC(=O)C(C)(C)C(N)=NO. The zero-order valence-corrected chi connectivity index (χ0v) is 10.7. The van der Waals surface area contributed by atoms with Crippen LogP contribution in [0.3, 0.4) is 0 Å². The highest BCUT2D eigenvalue weighted by Gasteiger charge is 2.33. The molecule has 1 unspecified atom stereocenters. The summed E-state index contributed by atoms with van der Waals surface area (Å²) in [4.78, 5) is 11.9. The van der Waals surface area contributed by atoms with Crippen LogP contribution in [0.5, 0.6) is 0 Å². The minimum absolute atomic E-state index is 0.0817. The molecule has 5 heteroatoms. The topological polar surface area (TPSA) is 87.7 Å². The van der Waals surface area contributed by atoms with E-state index in [-0.39, 0.29) is 17.8 Å². The second kappa shape index (κ2) is 5.72. The quantitative estimate of drug-likeness (QED) is 0.287. The van der Waals surface area contributed by atoms with E-state index < -0.39 is 5.41 Å². The molecule has 1 atom stereocenters. The van der Waals surface area contributed by atoms with Crippen molar-refractivity contribution in [1.82, 2.24) is 5.32 Å². The Balaban J connectivity index is 4.46. The van der Waals surface area contributed by atoms with Gasteiger partial charge in [0, 0.05) is 6.04 Å². The van der Waals surface area contributed by atoms with Crippen molar-refractivity contribution in [2.45, 2.75) is 47.1 Å². The van der Waals surface area contributed by atoms with Gasteiger partial charge in [0.05, 0.1) is 0 Å². The highest BCUT2D eigenvalue weighted by molar-refractivity contribution is 6.05. The van der Waals surface area contributed by atoms with Crippen molar-refractivity contribution in [1.29, 1.82) is 0 Å². The second-order valence-electron chi connectivity index (χ2n) is 5.11. The zero-order chi connectivity index (χ0) is 12.9. The maximum Gasteiger partial charge on any atom is 0.233 e. The Morgan fingerprint density at radius 2 is 1.94 bits per heavy atom. The number of oxime groups is 1. The summed E-state index contributed by atoms with van der Waals surface area (Å²) in [6, 6.07) is 0.0817. The molecule has 0 radical (unpaired) electrons. The molecule has 0 aromatic rings. The lowest BCUT2D eigenvalue weighted by Crippen LogP contribution is -2.48. The van der Waals surface area contributed by atoms with Gasteiger partial charge in [-0.2, -0.15) is 0 Å². The molecular formula is C11H23N3O2. The van der Waals surface area contributed by atoms with Gasteiger partial charge < -0.3 is 16.3 Å². The van der Waals surface area contributed by atoms with Crippen molar-refractivity contribution in [3.8, 4) is 0 Å². The molecule has 5 nitrogen and oxygen atoms in total. The summed E-state index contributed by atoms with van der Waals surface area (Å²) in [5, 5.41) is 14.3. The molecule has 0 aliphatic heterocycles. The van der Waals surface area contributed by atoms with Crippen LogP contribution in [0, 0.1) is 11.3 Å². The van der Waals surface area contributed by atoms with Gasteiger partial charge in [-0.15, -0.1) is 0 Å². The molecule has 0 fully saturated rings. The summed E-state index contributed by atoms with van der Waals surface area (Å²) in [6.45, 7) is 9.38. The van der Waals surface area contributed by atoms with Crippen LogP contribution in [0.1, 0.15) is 41.0 Å². The fourth-order valence-electron chi connectivity index (χ4n) is 1.41. The van der Waals surface area contributed by atoms with Gasteiger partial charge in [0.15, 0.2) is 5.84 Å². The van der Waals surface area contributed by atoms with Crippen molar-refractivity contribution < 1.29 is 10.0 Å². The van der Waals surface area contributed by atoms with E-state index >= 15 is 0 Å². The molecule has 16 heavy (non-hydrogen) atoms. The van der Waals surface area contributed by atoms with E-state index in [1.807, 2.05) is 6.92 Å². The number of amides is 1. The number of rotatable bonds is 5. The van der Waals surface area contributed by atoms with Crippen molar-refractivity contribution in [3.63, 3.8) is 0 Å². The van der Waals surface area contributed by atoms with E-state index in [9.17, 15) is 4.79 Å². The van der Waals surface area contributed by atoms with E-state index in [4.69, 9.17) is 10.9 Å². The largest absolute Gasteiger partial charge is 0.409 e. The van der Waals surface area contributed by atoms with E-state index in [1.165, 1.54) is 0 Å². The first kappa shape index (κ1) is 14.7. The molecule has 0 bridgehead atoms. The average molecular weight is 229 g/mol. The Bertz CT molecular complexity index is 272. The molecule has 1 amide bonds. The number of hydrogen-bond acceptors (Lipinski definition) is 3. The maximum absolute atomic E-state index is 11.9. The third-order valence-electron chi connectivity index (χ3n) is 2.52. The van der Waals surface area contributed by atoms with Gasteiger partial charge in [-0.1, -0.05) is 19.0 Å². The van der Waals surface area contributed by atoms with Crippen molar-refractivity contribution >= 4 is 11.7 Å². The van der Waals surface area contributed by atoms with E-state index in [0.717, 1.165) is 6.42 Å². The fourth-order valence-corrected chi connectivity index (χ4v) is 1.41. The molecule has 94 valence electrons. The Kier molecular flexibility index (Phi) is 5.27. The lowest BCUT2D eigenvalue weighted by Gasteiger charge is -2.25. The number of carbonyl (C=O) groups excluding carboxylic acids is 1. The van der Waals surface area contributed by atoms with Gasteiger partial charge >= 0.3 is 0 Å². The van der Waals surface area contributed by atoms with Crippen LogP contribution >= 0.6 is 0 Å². The zero-order valence-electron chi connectivity index (χ0n) is 10.7. The predicted octanol–water partition coefficient (Wildman–Crippen LogP) is 1.31. The molecule has 0 heterocycles. The smallest absolute Gasteiger partial charge is 0.233 e.